The number of aryl methyl sites for hydroxylation is 1. The van der Waals surface area contributed by atoms with Gasteiger partial charge in [0, 0.05) is 5.54 Å². The van der Waals surface area contributed by atoms with Gasteiger partial charge in [-0.3, -0.25) is 4.57 Å². The van der Waals surface area contributed by atoms with Crippen molar-refractivity contribution in [2.24, 2.45) is 5.14 Å². The molecule has 0 aliphatic carbocycles. The molecule has 2 aromatic rings. The molecule has 0 bridgehead atoms. The fourth-order valence-electron chi connectivity index (χ4n) is 1.72. The number of aromatic nitrogens is 4. The monoisotopic (exact) mass is 285 g/mol. The van der Waals surface area contributed by atoms with E-state index in [1.165, 1.54) is 11.0 Å². The van der Waals surface area contributed by atoms with E-state index in [-0.39, 0.29) is 11.0 Å². The lowest BCUT2D eigenvalue weighted by molar-refractivity contribution is 0.362. The van der Waals surface area contributed by atoms with Gasteiger partial charge < -0.3 is 4.42 Å². The number of nitrogens with zero attached hydrogens (tertiary/aromatic N) is 4. The zero-order chi connectivity index (χ0) is 14.4. The van der Waals surface area contributed by atoms with Crippen LogP contribution >= 0.6 is 0 Å². The van der Waals surface area contributed by atoms with Crippen molar-refractivity contribution in [3.8, 4) is 11.6 Å². The molecule has 0 fully saturated rings. The molecular formula is C10H15N5O3S. The highest BCUT2D eigenvalue weighted by Gasteiger charge is 2.31. The van der Waals surface area contributed by atoms with Crippen LogP contribution in [-0.4, -0.2) is 28.2 Å². The summed E-state index contributed by atoms with van der Waals surface area (Å²) in [6.07, 6.45) is 1.27. The Morgan fingerprint density at radius 1 is 1.32 bits per heavy atom. The SMILES string of the molecule is Cc1ncoc1-c1nnc(S(N)(=O)=O)n1C(C)(C)C. The van der Waals surface area contributed by atoms with E-state index >= 15 is 0 Å². The maximum atomic E-state index is 11.6. The fourth-order valence-corrected chi connectivity index (χ4v) is 2.49. The van der Waals surface area contributed by atoms with Gasteiger partial charge >= 0.3 is 0 Å². The van der Waals surface area contributed by atoms with Crippen molar-refractivity contribution < 1.29 is 12.8 Å². The lowest BCUT2D eigenvalue weighted by Gasteiger charge is -2.23. The van der Waals surface area contributed by atoms with Crippen LogP contribution in [0.5, 0.6) is 0 Å². The molecule has 0 radical (unpaired) electrons. The number of oxazole rings is 1. The molecule has 0 unspecified atom stereocenters. The molecule has 2 aromatic heterocycles. The third-order valence-electron chi connectivity index (χ3n) is 2.51. The summed E-state index contributed by atoms with van der Waals surface area (Å²) in [7, 11) is -3.97. The minimum atomic E-state index is -3.97. The first-order valence-corrected chi connectivity index (χ1v) is 7.06. The molecule has 0 saturated carbocycles. The summed E-state index contributed by atoms with van der Waals surface area (Å²) in [6.45, 7) is 7.19. The summed E-state index contributed by atoms with van der Waals surface area (Å²) >= 11 is 0. The van der Waals surface area contributed by atoms with Gasteiger partial charge in [0.1, 0.15) is 0 Å². The second kappa shape index (κ2) is 4.14. The van der Waals surface area contributed by atoms with Crippen molar-refractivity contribution in [1.82, 2.24) is 19.7 Å². The average molecular weight is 285 g/mol. The second-order valence-electron chi connectivity index (χ2n) is 5.12. The van der Waals surface area contributed by atoms with Crippen LogP contribution in [0, 0.1) is 6.92 Å². The lowest BCUT2D eigenvalue weighted by atomic mass is 10.1. The molecule has 19 heavy (non-hydrogen) atoms. The largest absolute Gasteiger partial charge is 0.440 e. The molecule has 0 saturated heterocycles. The van der Waals surface area contributed by atoms with Gasteiger partial charge in [0.2, 0.25) is 5.82 Å². The van der Waals surface area contributed by atoms with Crippen molar-refractivity contribution in [2.45, 2.75) is 38.4 Å². The number of primary sulfonamides is 1. The molecule has 0 spiro atoms. The highest BCUT2D eigenvalue weighted by molar-refractivity contribution is 7.89. The van der Waals surface area contributed by atoms with Crippen LogP contribution in [0.4, 0.5) is 0 Å². The molecule has 0 aliphatic rings. The number of hydrogen-bond acceptors (Lipinski definition) is 6. The average Bonchev–Trinajstić information content (AvgIpc) is 2.79. The normalized spacial score (nSPS) is 12.9. The van der Waals surface area contributed by atoms with Crippen molar-refractivity contribution in [3.63, 3.8) is 0 Å². The number of hydrogen-bond donors (Lipinski definition) is 1. The van der Waals surface area contributed by atoms with Crippen molar-refractivity contribution in [3.05, 3.63) is 12.1 Å². The first kappa shape index (κ1) is 13.7. The first-order chi connectivity index (χ1) is 8.62. The van der Waals surface area contributed by atoms with E-state index in [2.05, 4.69) is 15.2 Å². The van der Waals surface area contributed by atoms with Crippen LogP contribution in [-0.2, 0) is 15.6 Å². The van der Waals surface area contributed by atoms with Crippen molar-refractivity contribution in [1.29, 1.82) is 0 Å². The lowest BCUT2D eigenvalue weighted by Crippen LogP contribution is -2.29. The summed E-state index contributed by atoms with van der Waals surface area (Å²) in [6, 6.07) is 0. The predicted molar refractivity (Wildman–Crippen MR) is 66.6 cm³/mol. The standard InChI is InChI=1S/C10H15N5O3S/c1-6-7(18-5-12-6)8-13-14-9(19(11,16)17)15(8)10(2,3)4/h5H,1-4H3,(H2,11,16,17). The van der Waals surface area contributed by atoms with E-state index < -0.39 is 15.6 Å². The number of nitrogens with two attached hydrogens (primary N) is 1. The second-order valence-corrected chi connectivity index (χ2v) is 6.58. The molecule has 2 heterocycles. The van der Waals surface area contributed by atoms with Gasteiger partial charge in [0.15, 0.2) is 12.2 Å². The Hall–Kier alpha value is -1.74. The van der Waals surface area contributed by atoms with Crippen LogP contribution in [0.3, 0.4) is 0 Å². The van der Waals surface area contributed by atoms with E-state index in [0.29, 0.717) is 11.5 Å². The molecule has 0 aromatic carbocycles. The Labute approximate surface area is 110 Å². The van der Waals surface area contributed by atoms with E-state index in [9.17, 15) is 8.42 Å². The van der Waals surface area contributed by atoms with Crippen LogP contribution in [0.25, 0.3) is 11.6 Å². The Balaban J connectivity index is 2.79. The highest BCUT2D eigenvalue weighted by atomic mass is 32.2. The van der Waals surface area contributed by atoms with Crippen LogP contribution < -0.4 is 5.14 Å². The van der Waals surface area contributed by atoms with Gasteiger partial charge in [-0.05, 0) is 27.7 Å². The van der Waals surface area contributed by atoms with Gasteiger partial charge in [-0.15, -0.1) is 10.2 Å². The van der Waals surface area contributed by atoms with Crippen LogP contribution in [0.1, 0.15) is 26.5 Å². The smallest absolute Gasteiger partial charge is 0.273 e. The molecule has 0 atom stereocenters. The maximum absolute atomic E-state index is 11.6. The van der Waals surface area contributed by atoms with E-state index in [0.717, 1.165) is 0 Å². The zero-order valence-electron chi connectivity index (χ0n) is 11.1. The molecule has 9 heteroatoms. The third kappa shape index (κ3) is 2.38. The molecule has 2 N–H and O–H groups in total. The third-order valence-corrected chi connectivity index (χ3v) is 3.28. The van der Waals surface area contributed by atoms with Crippen LogP contribution in [0.15, 0.2) is 16.0 Å². The van der Waals surface area contributed by atoms with Crippen molar-refractivity contribution in [2.75, 3.05) is 0 Å². The Kier molecular flexibility index (Phi) is 2.98. The molecule has 0 amide bonds. The zero-order valence-corrected chi connectivity index (χ0v) is 11.9. The quantitative estimate of drug-likeness (QED) is 0.865. The van der Waals surface area contributed by atoms with Gasteiger partial charge in [-0.2, -0.15) is 0 Å². The van der Waals surface area contributed by atoms with Gasteiger partial charge in [0.25, 0.3) is 15.2 Å². The van der Waals surface area contributed by atoms with E-state index in [4.69, 9.17) is 9.56 Å². The molecule has 2 rings (SSSR count). The van der Waals surface area contributed by atoms with Gasteiger partial charge in [0.05, 0.1) is 5.69 Å². The minimum Gasteiger partial charge on any atom is -0.440 e. The summed E-state index contributed by atoms with van der Waals surface area (Å²) in [5, 5.41) is 12.4. The molecule has 8 nitrogen and oxygen atoms in total. The summed E-state index contributed by atoms with van der Waals surface area (Å²) in [4.78, 5) is 3.96. The first-order valence-electron chi connectivity index (χ1n) is 5.51. The molecule has 0 aliphatic heterocycles. The Morgan fingerprint density at radius 2 is 1.95 bits per heavy atom. The van der Waals surface area contributed by atoms with Crippen LogP contribution in [0.2, 0.25) is 0 Å². The van der Waals surface area contributed by atoms with Gasteiger partial charge in [-0.25, -0.2) is 18.5 Å². The molecule has 104 valence electrons. The van der Waals surface area contributed by atoms with E-state index in [1.54, 1.807) is 6.92 Å². The predicted octanol–water partition coefficient (Wildman–Crippen LogP) is 0.644. The summed E-state index contributed by atoms with van der Waals surface area (Å²) in [5.41, 5.74) is 0.0127. The minimum absolute atomic E-state index is 0.284. The fraction of sp³-hybridized carbons (Fsp3) is 0.500. The maximum Gasteiger partial charge on any atom is 0.273 e. The Morgan fingerprint density at radius 3 is 2.37 bits per heavy atom. The van der Waals surface area contributed by atoms with Crippen molar-refractivity contribution >= 4 is 10.0 Å². The van der Waals surface area contributed by atoms with E-state index in [1.807, 2.05) is 20.8 Å². The Bertz CT molecular complexity index is 708. The number of sulfonamides is 1. The summed E-state index contributed by atoms with van der Waals surface area (Å²) in [5.74, 6) is 0.656. The van der Waals surface area contributed by atoms with Gasteiger partial charge in [-0.1, -0.05) is 0 Å². The highest BCUT2D eigenvalue weighted by Crippen LogP contribution is 2.28. The summed E-state index contributed by atoms with van der Waals surface area (Å²) < 4.78 is 29.8. The molecular weight excluding hydrogens is 270 g/mol. The number of rotatable bonds is 2. The topological polar surface area (TPSA) is 117 Å².